The normalized spacial score (nSPS) is 16.4. The lowest BCUT2D eigenvalue weighted by Crippen LogP contribution is -2.36. The molecule has 2 heterocycles. The Morgan fingerprint density at radius 3 is 2.44 bits per heavy atom. The number of hydrogen-bond donors (Lipinski definition) is 2. The molecule has 0 bridgehead atoms. The fraction of sp³-hybridized carbons (Fsp3) is 0.385. The van der Waals surface area contributed by atoms with Crippen molar-refractivity contribution in [2.45, 2.75) is 45.1 Å². The van der Waals surface area contributed by atoms with E-state index in [9.17, 15) is 18.8 Å². The van der Waals surface area contributed by atoms with Crippen LogP contribution in [-0.2, 0) is 19.1 Å². The number of nitrogens with zero attached hydrogens (tertiary/aromatic N) is 3. The highest BCUT2D eigenvalue weighted by Gasteiger charge is 2.56. The standard InChI is InChI=1S/C39H43F2N5O6/c1-3-45(2)24-36(47)51-25-29-6-4-19-46(29)20-5-21-50-30-12-13-31-33(23-30)42-18-15-34(31)52-35-14-11-28(22-32(35)41)44-38(49)39(16-17-39)37(48)43-27-9-7-26(40)8-10-27/h7-15,18,22-23,29H,3-6,16-17,19-21,24-25H2,1-2H3,(H,43,48)(H,44,49)/t29-/m0/s1. The number of carbonyl (C=O) groups excluding carboxylic acids is 3. The van der Waals surface area contributed by atoms with Gasteiger partial charge < -0.3 is 24.8 Å². The van der Waals surface area contributed by atoms with Gasteiger partial charge in [0.05, 0.1) is 18.7 Å². The number of fused-ring (bicyclic) bond motifs is 1. The Balaban J connectivity index is 0.995. The summed E-state index contributed by atoms with van der Waals surface area (Å²) in [6.07, 6.45) is 5.14. The lowest BCUT2D eigenvalue weighted by Gasteiger charge is -2.24. The number of ether oxygens (including phenoxy) is 3. The molecular formula is C39H43F2N5O6. The third-order valence-electron chi connectivity index (χ3n) is 9.54. The number of rotatable bonds is 16. The second-order valence-corrected chi connectivity index (χ2v) is 13.3. The van der Waals surface area contributed by atoms with E-state index in [1.807, 2.05) is 37.1 Å². The van der Waals surface area contributed by atoms with Gasteiger partial charge in [0.25, 0.3) is 0 Å². The number of likely N-dealkylation sites (N-methyl/N-ethyl adjacent to an activating group) is 1. The summed E-state index contributed by atoms with van der Waals surface area (Å²) in [6.45, 7) is 5.80. The number of halogens is 2. The van der Waals surface area contributed by atoms with Crippen molar-refractivity contribution in [1.29, 1.82) is 0 Å². The molecule has 13 heteroatoms. The first-order valence-electron chi connectivity index (χ1n) is 17.6. The molecule has 2 fully saturated rings. The minimum absolute atomic E-state index is 0.0516. The van der Waals surface area contributed by atoms with E-state index in [1.54, 1.807) is 12.3 Å². The van der Waals surface area contributed by atoms with E-state index in [1.165, 1.54) is 36.4 Å². The van der Waals surface area contributed by atoms with Crippen LogP contribution in [0.4, 0.5) is 20.2 Å². The van der Waals surface area contributed by atoms with E-state index >= 15 is 4.39 Å². The summed E-state index contributed by atoms with van der Waals surface area (Å²) in [5.41, 5.74) is -0.112. The number of amides is 2. The summed E-state index contributed by atoms with van der Waals surface area (Å²) in [4.78, 5) is 46.7. The second kappa shape index (κ2) is 16.5. The monoisotopic (exact) mass is 715 g/mol. The smallest absolute Gasteiger partial charge is 0.320 e. The molecule has 52 heavy (non-hydrogen) atoms. The first-order valence-corrected chi connectivity index (χ1v) is 17.6. The van der Waals surface area contributed by atoms with Crippen molar-refractivity contribution in [2.24, 2.45) is 5.41 Å². The molecule has 1 atom stereocenters. The van der Waals surface area contributed by atoms with Crippen LogP contribution in [0.15, 0.2) is 72.9 Å². The second-order valence-electron chi connectivity index (χ2n) is 13.3. The maximum absolute atomic E-state index is 15.2. The zero-order valence-corrected chi connectivity index (χ0v) is 29.3. The fourth-order valence-corrected chi connectivity index (χ4v) is 6.18. The first-order chi connectivity index (χ1) is 25.1. The van der Waals surface area contributed by atoms with Crippen molar-refractivity contribution in [3.05, 3.63) is 84.6 Å². The number of nitrogens with one attached hydrogen (secondary N) is 2. The molecule has 4 aromatic rings. The lowest BCUT2D eigenvalue weighted by atomic mass is 10.0. The van der Waals surface area contributed by atoms with Crippen molar-refractivity contribution in [3.8, 4) is 17.2 Å². The topological polar surface area (TPSA) is 122 Å². The largest absolute Gasteiger partial charge is 0.493 e. The molecule has 2 N–H and O–H groups in total. The molecule has 0 radical (unpaired) electrons. The molecule has 2 aliphatic rings. The Bertz CT molecular complexity index is 1900. The number of esters is 1. The molecule has 0 spiro atoms. The van der Waals surface area contributed by atoms with Gasteiger partial charge in [-0.25, -0.2) is 8.78 Å². The lowest BCUT2D eigenvalue weighted by molar-refractivity contribution is -0.146. The Morgan fingerprint density at radius 1 is 0.962 bits per heavy atom. The highest BCUT2D eigenvalue weighted by Crippen LogP contribution is 2.47. The molecule has 1 aromatic heterocycles. The van der Waals surface area contributed by atoms with Gasteiger partial charge in [0.15, 0.2) is 11.6 Å². The van der Waals surface area contributed by atoms with Gasteiger partial charge in [-0.3, -0.25) is 29.2 Å². The van der Waals surface area contributed by atoms with Crippen molar-refractivity contribution in [2.75, 3.05) is 57.1 Å². The highest BCUT2D eigenvalue weighted by molar-refractivity contribution is 6.16. The first kappa shape index (κ1) is 36.6. The predicted molar refractivity (Wildman–Crippen MR) is 192 cm³/mol. The van der Waals surface area contributed by atoms with E-state index in [4.69, 9.17) is 14.2 Å². The number of pyridine rings is 1. The molecule has 1 aliphatic carbocycles. The van der Waals surface area contributed by atoms with Crippen LogP contribution in [0.2, 0.25) is 0 Å². The van der Waals surface area contributed by atoms with Gasteiger partial charge in [0.2, 0.25) is 11.8 Å². The summed E-state index contributed by atoms with van der Waals surface area (Å²) in [5.74, 6) is -1.40. The zero-order valence-electron chi connectivity index (χ0n) is 29.3. The van der Waals surface area contributed by atoms with Gasteiger partial charge in [0, 0.05) is 47.7 Å². The molecule has 1 aliphatic heterocycles. The molecule has 2 amide bonds. The van der Waals surface area contributed by atoms with Crippen molar-refractivity contribution in [1.82, 2.24) is 14.8 Å². The average molecular weight is 716 g/mol. The summed E-state index contributed by atoms with van der Waals surface area (Å²) in [6, 6.07) is 16.6. The molecule has 11 nitrogen and oxygen atoms in total. The molecule has 1 saturated carbocycles. The van der Waals surface area contributed by atoms with Gasteiger partial charge in [0.1, 0.15) is 29.3 Å². The van der Waals surface area contributed by atoms with Crippen molar-refractivity contribution >= 4 is 40.1 Å². The molecule has 1 saturated heterocycles. The summed E-state index contributed by atoms with van der Waals surface area (Å²) < 4.78 is 46.0. The molecule has 0 unspecified atom stereocenters. The number of aromatic nitrogens is 1. The quantitative estimate of drug-likeness (QED) is 0.0772. The van der Waals surface area contributed by atoms with Crippen molar-refractivity contribution < 1.29 is 37.4 Å². The number of benzene rings is 3. The van der Waals surface area contributed by atoms with Gasteiger partial charge in [-0.15, -0.1) is 0 Å². The van der Waals surface area contributed by atoms with Gasteiger partial charge >= 0.3 is 5.97 Å². The minimum atomic E-state index is -1.28. The van der Waals surface area contributed by atoms with E-state index < -0.39 is 28.9 Å². The molecule has 274 valence electrons. The maximum atomic E-state index is 15.2. The van der Waals surface area contributed by atoms with Crippen LogP contribution in [0.25, 0.3) is 10.9 Å². The third kappa shape index (κ3) is 9.01. The third-order valence-corrected chi connectivity index (χ3v) is 9.54. The van der Waals surface area contributed by atoms with Crippen LogP contribution >= 0.6 is 0 Å². The Morgan fingerprint density at radius 2 is 1.71 bits per heavy atom. The minimum Gasteiger partial charge on any atom is -0.493 e. The number of carbonyl (C=O) groups is 3. The predicted octanol–water partition coefficient (Wildman–Crippen LogP) is 6.39. The number of hydrogen-bond acceptors (Lipinski definition) is 9. The average Bonchev–Trinajstić information content (AvgIpc) is 3.84. The van der Waals surface area contributed by atoms with E-state index in [2.05, 4.69) is 20.5 Å². The van der Waals surface area contributed by atoms with Crippen LogP contribution in [0, 0.1) is 17.0 Å². The van der Waals surface area contributed by atoms with E-state index in [-0.39, 0.29) is 23.4 Å². The Kier molecular flexibility index (Phi) is 11.6. The SMILES string of the molecule is CCN(C)CC(=O)OC[C@@H]1CCCN1CCCOc1ccc2c(Oc3ccc(NC(=O)C4(C(=O)Nc5ccc(F)cc5)CC4)cc3F)ccnc2c1. The maximum Gasteiger partial charge on any atom is 0.320 e. The van der Waals surface area contributed by atoms with Crippen LogP contribution in [0.3, 0.4) is 0 Å². The Hall–Kier alpha value is -5.14. The molecular weight excluding hydrogens is 672 g/mol. The zero-order chi connectivity index (χ0) is 36.7. The number of anilines is 2. The summed E-state index contributed by atoms with van der Waals surface area (Å²) >= 11 is 0. The van der Waals surface area contributed by atoms with Crippen molar-refractivity contribution in [3.63, 3.8) is 0 Å². The van der Waals surface area contributed by atoms with Crippen LogP contribution in [-0.4, -0.2) is 85.0 Å². The fourth-order valence-electron chi connectivity index (χ4n) is 6.18. The molecule has 6 rings (SSSR count). The van der Waals surface area contributed by atoms with Gasteiger partial charge in [-0.2, -0.15) is 0 Å². The van der Waals surface area contributed by atoms with Gasteiger partial charge in [-0.05, 0) is 107 Å². The Labute approximate surface area is 301 Å². The molecule has 3 aromatic carbocycles. The number of likely N-dealkylation sites (tertiary alicyclic amines) is 1. The highest BCUT2D eigenvalue weighted by atomic mass is 19.1. The van der Waals surface area contributed by atoms with Gasteiger partial charge in [-0.1, -0.05) is 6.92 Å². The van der Waals surface area contributed by atoms with E-state index in [0.29, 0.717) is 60.7 Å². The van der Waals surface area contributed by atoms with E-state index in [0.717, 1.165) is 45.0 Å². The summed E-state index contributed by atoms with van der Waals surface area (Å²) in [7, 11) is 1.89. The van der Waals surface area contributed by atoms with Crippen LogP contribution in [0.5, 0.6) is 17.2 Å². The van der Waals surface area contributed by atoms with Crippen LogP contribution < -0.4 is 20.1 Å². The van der Waals surface area contributed by atoms with Crippen LogP contribution in [0.1, 0.15) is 39.0 Å². The summed E-state index contributed by atoms with van der Waals surface area (Å²) in [5, 5.41) is 5.96.